The van der Waals surface area contributed by atoms with Gasteiger partial charge in [-0.3, -0.25) is 0 Å². The van der Waals surface area contributed by atoms with Crippen LogP contribution in [0.15, 0.2) is 65.6 Å². The molecule has 0 saturated carbocycles. The molecule has 0 bridgehead atoms. The number of aryl methyl sites for hydroxylation is 1. The third kappa shape index (κ3) is 5.03. The molecular weight excluding hydrogens is 374 g/mol. The van der Waals surface area contributed by atoms with Gasteiger partial charge in [0.1, 0.15) is 18.1 Å². The Hall–Kier alpha value is -2.57. The van der Waals surface area contributed by atoms with E-state index in [-0.39, 0.29) is 18.0 Å². The molecule has 6 heteroatoms. The van der Waals surface area contributed by atoms with Crippen molar-refractivity contribution in [3.63, 3.8) is 0 Å². The SMILES string of the molecule is CCCc1ccc(OCCNS(=O)(=O)c2ccc3cc(OC)ccc3c2)cc1. The first-order valence-electron chi connectivity index (χ1n) is 9.31. The Kier molecular flexibility index (Phi) is 6.54. The summed E-state index contributed by atoms with van der Waals surface area (Å²) in [4.78, 5) is 0.231. The average molecular weight is 400 g/mol. The Morgan fingerprint density at radius 1 is 0.893 bits per heavy atom. The second-order valence-corrected chi connectivity index (χ2v) is 8.28. The molecule has 5 nitrogen and oxygen atoms in total. The van der Waals surface area contributed by atoms with Gasteiger partial charge in [0, 0.05) is 6.54 Å². The molecule has 0 amide bonds. The number of nitrogens with one attached hydrogen (secondary N) is 1. The largest absolute Gasteiger partial charge is 0.497 e. The van der Waals surface area contributed by atoms with Gasteiger partial charge >= 0.3 is 0 Å². The van der Waals surface area contributed by atoms with Crippen LogP contribution in [0.5, 0.6) is 11.5 Å². The van der Waals surface area contributed by atoms with Gasteiger partial charge < -0.3 is 9.47 Å². The number of ether oxygens (including phenoxy) is 2. The summed E-state index contributed by atoms with van der Waals surface area (Å²) in [6.07, 6.45) is 2.14. The molecule has 1 N–H and O–H groups in total. The molecule has 0 radical (unpaired) electrons. The van der Waals surface area contributed by atoms with Gasteiger partial charge in [0.2, 0.25) is 10.0 Å². The van der Waals surface area contributed by atoms with Crippen molar-refractivity contribution in [3.8, 4) is 11.5 Å². The molecule has 3 aromatic rings. The van der Waals surface area contributed by atoms with E-state index in [0.29, 0.717) is 0 Å². The quantitative estimate of drug-likeness (QED) is 0.549. The minimum absolute atomic E-state index is 0.194. The zero-order valence-corrected chi connectivity index (χ0v) is 17.0. The molecule has 0 unspecified atom stereocenters. The Labute approximate surface area is 166 Å². The first-order chi connectivity index (χ1) is 13.5. The second kappa shape index (κ2) is 9.08. The van der Waals surface area contributed by atoms with Crippen LogP contribution in [-0.2, 0) is 16.4 Å². The van der Waals surface area contributed by atoms with E-state index in [1.54, 1.807) is 25.3 Å². The van der Waals surface area contributed by atoms with E-state index in [4.69, 9.17) is 9.47 Å². The summed E-state index contributed by atoms with van der Waals surface area (Å²) in [5.74, 6) is 1.47. The summed E-state index contributed by atoms with van der Waals surface area (Å²) in [6, 6.07) is 18.5. The van der Waals surface area contributed by atoms with Crippen molar-refractivity contribution in [2.45, 2.75) is 24.7 Å². The maximum Gasteiger partial charge on any atom is 0.240 e. The molecule has 0 atom stereocenters. The maximum absolute atomic E-state index is 12.5. The van der Waals surface area contributed by atoms with Gasteiger partial charge in [-0.2, -0.15) is 0 Å². The minimum atomic E-state index is -3.60. The Bertz CT molecular complexity index is 1030. The van der Waals surface area contributed by atoms with Gasteiger partial charge in [-0.25, -0.2) is 13.1 Å². The number of sulfonamides is 1. The fraction of sp³-hybridized carbons (Fsp3) is 0.273. The lowest BCUT2D eigenvalue weighted by atomic mass is 10.1. The lowest BCUT2D eigenvalue weighted by Gasteiger charge is -2.10. The first-order valence-corrected chi connectivity index (χ1v) is 10.8. The highest BCUT2D eigenvalue weighted by atomic mass is 32.2. The predicted molar refractivity (Wildman–Crippen MR) is 112 cm³/mol. The van der Waals surface area contributed by atoms with Crippen LogP contribution >= 0.6 is 0 Å². The van der Waals surface area contributed by atoms with Crippen molar-refractivity contribution in [2.75, 3.05) is 20.3 Å². The van der Waals surface area contributed by atoms with Crippen LogP contribution in [0.25, 0.3) is 10.8 Å². The fourth-order valence-electron chi connectivity index (χ4n) is 2.97. The zero-order valence-electron chi connectivity index (χ0n) is 16.1. The van der Waals surface area contributed by atoms with E-state index < -0.39 is 10.0 Å². The number of fused-ring (bicyclic) bond motifs is 1. The third-order valence-electron chi connectivity index (χ3n) is 4.45. The topological polar surface area (TPSA) is 64.6 Å². The number of hydrogen-bond acceptors (Lipinski definition) is 4. The smallest absolute Gasteiger partial charge is 0.240 e. The molecule has 0 saturated heterocycles. The van der Waals surface area contributed by atoms with E-state index in [1.807, 2.05) is 42.5 Å². The molecular formula is C22H25NO4S. The Balaban J connectivity index is 1.58. The van der Waals surface area contributed by atoms with Gasteiger partial charge in [-0.15, -0.1) is 0 Å². The van der Waals surface area contributed by atoms with E-state index in [9.17, 15) is 8.42 Å². The van der Waals surface area contributed by atoms with Crippen LogP contribution in [0, 0.1) is 0 Å². The van der Waals surface area contributed by atoms with Crippen LogP contribution in [0.2, 0.25) is 0 Å². The Morgan fingerprint density at radius 2 is 1.57 bits per heavy atom. The zero-order chi connectivity index (χ0) is 20.0. The van der Waals surface area contributed by atoms with E-state index in [1.165, 1.54) is 5.56 Å². The van der Waals surface area contributed by atoms with Crippen LogP contribution in [-0.4, -0.2) is 28.7 Å². The van der Waals surface area contributed by atoms with Crippen molar-refractivity contribution in [1.82, 2.24) is 4.72 Å². The minimum Gasteiger partial charge on any atom is -0.497 e. The number of benzene rings is 3. The highest BCUT2D eigenvalue weighted by molar-refractivity contribution is 7.89. The average Bonchev–Trinajstić information content (AvgIpc) is 2.71. The van der Waals surface area contributed by atoms with Crippen LogP contribution in [0.3, 0.4) is 0 Å². The van der Waals surface area contributed by atoms with Crippen molar-refractivity contribution >= 4 is 20.8 Å². The van der Waals surface area contributed by atoms with E-state index >= 15 is 0 Å². The van der Waals surface area contributed by atoms with E-state index in [0.717, 1.165) is 35.1 Å². The molecule has 0 aliphatic rings. The summed E-state index contributed by atoms with van der Waals surface area (Å²) in [5.41, 5.74) is 1.27. The molecule has 0 spiro atoms. The van der Waals surface area contributed by atoms with Crippen LogP contribution < -0.4 is 14.2 Å². The predicted octanol–water partition coefficient (Wildman–Crippen LogP) is 4.16. The molecule has 28 heavy (non-hydrogen) atoms. The lowest BCUT2D eigenvalue weighted by Crippen LogP contribution is -2.28. The lowest BCUT2D eigenvalue weighted by molar-refractivity contribution is 0.322. The van der Waals surface area contributed by atoms with Crippen LogP contribution in [0.4, 0.5) is 0 Å². The monoisotopic (exact) mass is 399 g/mol. The Morgan fingerprint density at radius 3 is 2.29 bits per heavy atom. The summed E-state index contributed by atoms with van der Waals surface area (Å²) < 4.78 is 38.5. The van der Waals surface area contributed by atoms with Crippen molar-refractivity contribution < 1.29 is 17.9 Å². The van der Waals surface area contributed by atoms with Gasteiger partial charge in [0.15, 0.2) is 0 Å². The third-order valence-corrected chi connectivity index (χ3v) is 5.91. The van der Waals surface area contributed by atoms with Gasteiger partial charge in [-0.1, -0.05) is 37.6 Å². The van der Waals surface area contributed by atoms with Crippen molar-refractivity contribution in [3.05, 3.63) is 66.2 Å². The molecule has 0 fully saturated rings. The fourth-order valence-corrected chi connectivity index (χ4v) is 4.01. The molecule has 0 aliphatic carbocycles. The normalized spacial score (nSPS) is 11.5. The number of rotatable bonds is 9. The molecule has 3 aromatic carbocycles. The molecule has 3 rings (SSSR count). The maximum atomic E-state index is 12.5. The highest BCUT2D eigenvalue weighted by Gasteiger charge is 2.14. The number of methoxy groups -OCH3 is 1. The molecule has 148 valence electrons. The van der Waals surface area contributed by atoms with Gasteiger partial charge in [0.05, 0.1) is 12.0 Å². The summed E-state index contributed by atoms with van der Waals surface area (Å²) >= 11 is 0. The van der Waals surface area contributed by atoms with Crippen molar-refractivity contribution in [1.29, 1.82) is 0 Å². The summed E-state index contributed by atoms with van der Waals surface area (Å²) in [7, 11) is -1.99. The standard InChI is InChI=1S/C22H25NO4S/c1-3-4-17-5-9-20(10-6-17)27-14-13-23-28(24,25)22-12-8-18-15-21(26-2)11-7-19(18)16-22/h5-12,15-16,23H,3-4,13-14H2,1-2H3. The van der Waals surface area contributed by atoms with Gasteiger partial charge in [-0.05, 0) is 59.2 Å². The first kappa shape index (κ1) is 20.2. The molecule has 0 aliphatic heterocycles. The second-order valence-electron chi connectivity index (χ2n) is 6.52. The molecule has 0 heterocycles. The van der Waals surface area contributed by atoms with E-state index in [2.05, 4.69) is 11.6 Å². The molecule has 0 aromatic heterocycles. The number of hydrogen-bond donors (Lipinski definition) is 1. The highest BCUT2D eigenvalue weighted by Crippen LogP contribution is 2.23. The summed E-state index contributed by atoms with van der Waals surface area (Å²) in [5, 5.41) is 1.76. The van der Waals surface area contributed by atoms with Crippen LogP contribution in [0.1, 0.15) is 18.9 Å². The summed E-state index contributed by atoms with van der Waals surface area (Å²) in [6.45, 7) is 2.60. The van der Waals surface area contributed by atoms with Crippen molar-refractivity contribution in [2.24, 2.45) is 0 Å². The van der Waals surface area contributed by atoms with Gasteiger partial charge in [0.25, 0.3) is 0 Å².